The third-order valence-electron chi connectivity index (χ3n) is 4.52. The van der Waals surface area contributed by atoms with E-state index >= 15 is 0 Å². The van der Waals surface area contributed by atoms with Crippen LogP contribution in [0.2, 0.25) is 0 Å². The fraction of sp³-hybridized carbons (Fsp3) is 0.190. The number of nitrogens with zero attached hydrogens (tertiary/aromatic N) is 1. The highest BCUT2D eigenvalue weighted by Crippen LogP contribution is 2.23. The topological polar surface area (TPSA) is 76.8 Å². The monoisotopic (exact) mass is 363 g/mol. The lowest BCUT2D eigenvalue weighted by Crippen LogP contribution is -2.24. The predicted octanol–water partition coefficient (Wildman–Crippen LogP) is 3.18. The highest BCUT2D eigenvalue weighted by molar-refractivity contribution is 6.00. The van der Waals surface area contributed by atoms with E-state index in [1.165, 1.54) is 6.07 Å². The van der Waals surface area contributed by atoms with Crippen molar-refractivity contribution in [1.82, 2.24) is 0 Å². The van der Waals surface area contributed by atoms with Crippen molar-refractivity contribution in [1.29, 1.82) is 0 Å². The average Bonchev–Trinajstić information content (AvgIpc) is 3.11. The van der Waals surface area contributed by atoms with E-state index in [2.05, 4.69) is 0 Å². The fourth-order valence-electron chi connectivity index (χ4n) is 3.13. The number of Topliss-reactive ketones (excluding diaryl/α,β-unsaturated/α-hetero) is 1. The Hall–Kier alpha value is -3.41. The molecule has 2 heterocycles. The molecule has 27 heavy (non-hydrogen) atoms. The summed E-state index contributed by atoms with van der Waals surface area (Å²) in [6.45, 7) is 0.523. The van der Waals surface area contributed by atoms with Gasteiger partial charge in [0.1, 0.15) is 11.3 Å². The van der Waals surface area contributed by atoms with Gasteiger partial charge in [0, 0.05) is 41.7 Å². The van der Waals surface area contributed by atoms with E-state index in [4.69, 9.17) is 9.15 Å². The van der Waals surface area contributed by atoms with Crippen LogP contribution >= 0.6 is 0 Å². The number of fused-ring (bicyclic) bond motifs is 1. The van der Waals surface area contributed by atoms with Crippen LogP contribution in [0.4, 0.5) is 5.69 Å². The molecule has 0 unspecified atom stereocenters. The first kappa shape index (κ1) is 17.0. The molecule has 0 radical (unpaired) electrons. The van der Waals surface area contributed by atoms with Crippen LogP contribution in [-0.4, -0.2) is 24.8 Å². The third-order valence-corrected chi connectivity index (χ3v) is 4.52. The second kappa shape index (κ2) is 7.07. The number of carbonyl (C=O) groups excluding carboxylic acids is 2. The summed E-state index contributed by atoms with van der Waals surface area (Å²) in [6, 6.07) is 15.1. The van der Waals surface area contributed by atoms with E-state index in [0.29, 0.717) is 29.9 Å². The van der Waals surface area contributed by atoms with Crippen LogP contribution in [-0.2, 0) is 4.79 Å². The lowest BCUT2D eigenvalue weighted by molar-refractivity contribution is -0.117. The van der Waals surface area contributed by atoms with Crippen molar-refractivity contribution < 1.29 is 18.7 Å². The average molecular weight is 363 g/mol. The van der Waals surface area contributed by atoms with E-state index in [9.17, 15) is 14.4 Å². The van der Waals surface area contributed by atoms with Crippen LogP contribution in [0.15, 0.2) is 63.8 Å². The molecular weight excluding hydrogens is 346 g/mol. The van der Waals surface area contributed by atoms with Gasteiger partial charge < -0.3 is 14.1 Å². The van der Waals surface area contributed by atoms with Gasteiger partial charge in [-0.3, -0.25) is 9.59 Å². The first-order chi connectivity index (χ1) is 13.1. The molecule has 0 bridgehead atoms. The molecule has 0 saturated carbocycles. The van der Waals surface area contributed by atoms with Crippen LogP contribution in [0.25, 0.3) is 11.0 Å². The zero-order valence-corrected chi connectivity index (χ0v) is 14.5. The molecule has 4 rings (SSSR count). The fourth-order valence-corrected chi connectivity index (χ4v) is 3.13. The van der Waals surface area contributed by atoms with Gasteiger partial charge >= 0.3 is 5.63 Å². The van der Waals surface area contributed by atoms with Gasteiger partial charge in [-0.25, -0.2) is 4.79 Å². The number of carbonyl (C=O) groups is 2. The summed E-state index contributed by atoms with van der Waals surface area (Å²) in [4.78, 5) is 37.4. The Bertz CT molecular complexity index is 1090. The first-order valence-corrected chi connectivity index (χ1v) is 8.70. The summed E-state index contributed by atoms with van der Waals surface area (Å²) >= 11 is 0. The largest absolute Gasteiger partial charge is 0.485 e. The number of rotatable bonds is 5. The zero-order chi connectivity index (χ0) is 18.8. The van der Waals surface area contributed by atoms with Crippen LogP contribution in [0.3, 0.4) is 0 Å². The smallest absolute Gasteiger partial charge is 0.336 e. The normalized spacial score (nSPS) is 13.9. The Kier molecular flexibility index (Phi) is 4.46. The van der Waals surface area contributed by atoms with Gasteiger partial charge in [-0.15, -0.1) is 0 Å². The van der Waals surface area contributed by atoms with Crippen molar-refractivity contribution in [2.24, 2.45) is 0 Å². The minimum absolute atomic E-state index is 0.0773. The maximum absolute atomic E-state index is 12.5. The number of anilines is 1. The Morgan fingerprint density at radius 2 is 1.93 bits per heavy atom. The molecule has 0 aliphatic carbocycles. The molecule has 0 N–H and O–H groups in total. The maximum atomic E-state index is 12.5. The second-order valence-corrected chi connectivity index (χ2v) is 6.37. The van der Waals surface area contributed by atoms with Gasteiger partial charge in [0.15, 0.2) is 12.4 Å². The minimum atomic E-state index is -0.441. The first-order valence-electron chi connectivity index (χ1n) is 8.70. The Morgan fingerprint density at radius 3 is 2.74 bits per heavy atom. The van der Waals surface area contributed by atoms with Gasteiger partial charge in [0.05, 0.1) is 0 Å². The molecule has 1 amide bonds. The second-order valence-electron chi connectivity index (χ2n) is 6.37. The lowest BCUT2D eigenvalue weighted by Gasteiger charge is -2.16. The number of benzene rings is 2. The molecule has 1 saturated heterocycles. The van der Waals surface area contributed by atoms with Crippen molar-refractivity contribution >= 4 is 28.3 Å². The molecule has 0 spiro atoms. The SMILES string of the molecule is O=C(COc1ccc2ccc(=O)oc2c1)c1cccc(N2CCCC2=O)c1. The summed E-state index contributed by atoms with van der Waals surface area (Å²) in [6.07, 6.45) is 1.37. The van der Waals surface area contributed by atoms with Gasteiger partial charge in [0.2, 0.25) is 5.91 Å². The van der Waals surface area contributed by atoms with E-state index < -0.39 is 5.63 Å². The molecule has 1 aliphatic rings. The van der Waals surface area contributed by atoms with Crippen LogP contribution in [0.5, 0.6) is 5.75 Å². The molecule has 3 aromatic rings. The summed E-state index contributed by atoms with van der Waals surface area (Å²) in [5, 5.41) is 0.774. The van der Waals surface area contributed by atoms with Crippen molar-refractivity contribution in [3.8, 4) is 5.75 Å². The van der Waals surface area contributed by atoms with Crippen LogP contribution < -0.4 is 15.3 Å². The third kappa shape index (κ3) is 3.60. The standard InChI is InChI=1S/C21H17NO5/c23-18(15-3-1-4-16(11-15)22-10-2-5-20(22)24)13-26-17-8-6-14-7-9-21(25)27-19(14)12-17/h1,3-4,6-9,11-12H,2,5,10,13H2. The Balaban J connectivity index is 1.48. The maximum Gasteiger partial charge on any atom is 0.336 e. The van der Waals surface area contributed by atoms with Gasteiger partial charge in [-0.1, -0.05) is 12.1 Å². The van der Waals surface area contributed by atoms with Crippen LogP contribution in [0.1, 0.15) is 23.2 Å². The molecular formula is C21H17NO5. The van der Waals surface area contributed by atoms with Crippen molar-refractivity contribution in [3.05, 3.63) is 70.6 Å². The molecule has 2 aromatic carbocycles. The van der Waals surface area contributed by atoms with Crippen molar-refractivity contribution in [3.63, 3.8) is 0 Å². The minimum Gasteiger partial charge on any atom is -0.485 e. The highest BCUT2D eigenvalue weighted by atomic mass is 16.5. The lowest BCUT2D eigenvalue weighted by atomic mass is 10.1. The molecule has 6 heteroatoms. The molecule has 1 aliphatic heterocycles. The van der Waals surface area contributed by atoms with Gasteiger partial charge in [0.25, 0.3) is 0 Å². The number of amides is 1. The van der Waals surface area contributed by atoms with E-state index in [1.54, 1.807) is 47.4 Å². The number of ether oxygens (including phenoxy) is 1. The molecule has 136 valence electrons. The quantitative estimate of drug-likeness (QED) is 0.514. The van der Waals surface area contributed by atoms with Crippen molar-refractivity contribution in [2.45, 2.75) is 12.8 Å². The van der Waals surface area contributed by atoms with Crippen molar-refractivity contribution in [2.75, 3.05) is 18.1 Å². The summed E-state index contributed by atoms with van der Waals surface area (Å²) in [5.41, 5.74) is 1.18. The zero-order valence-electron chi connectivity index (χ0n) is 14.5. The summed E-state index contributed by atoms with van der Waals surface area (Å²) in [7, 11) is 0. The van der Waals surface area contributed by atoms with Gasteiger partial charge in [-0.05, 0) is 36.8 Å². The highest BCUT2D eigenvalue weighted by Gasteiger charge is 2.22. The van der Waals surface area contributed by atoms with E-state index in [0.717, 1.165) is 17.5 Å². The number of ketones is 1. The molecule has 1 fully saturated rings. The molecule has 1 aromatic heterocycles. The Labute approximate surface area is 155 Å². The van der Waals surface area contributed by atoms with Crippen LogP contribution in [0, 0.1) is 0 Å². The van der Waals surface area contributed by atoms with E-state index in [1.807, 2.05) is 6.07 Å². The number of hydrogen-bond acceptors (Lipinski definition) is 5. The van der Waals surface area contributed by atoms with Gasteiger partial charge in [-0.2, -0.15) is 0 Å². The predicted molar refractivity (Wildman–Crippen MR) is 100 cm³/mol. The molecule has 6 nitrogen and oxygen atoms in total. The summed E-state index contributed by atoms with van der Waals surface area (Å²) in [5.74, 6) is 0.322. The number of hydrogen-bond donors (Lipinski definition) is 0. The Morgan fingerprint density at radius 1 is 1.07 bits per heavy atom. The van der Waals surface area contributed by atoms with E-state index in [-0.39, 0.29) is 18.3 Å². The summed E-state index contributed by atoms with van der Waals surface area (Å²) < 4.78 is 10.7. The molecule has 0 atom stereocenters.